The number of benzene rings is 1. The summed E-state index contributed by atoms with van der Waals surface area (Å²) in [5.74, 6) is -0.732. The molecule has 0 radical (unpaired) electrons. The summed E-state index contributed by atoms with van der Waals surface area (Å²) in [5.41, 5.74) is 1.37. The normalized spacial score (nSPS) is 11.0. The van der Waals surface area contributed by atoms with E-state index >= 15 is 0 Å². The van der Waals surface area contributed by atoms with Crippen LogP contribution in [-0.4, -0.2) is 27.9 Å². The summed E-state index contributed by atoms with van der Waals surface area (Å²) in [6, 6.07) is 9.60. The molecule has 2 heterocycles. The van der Waals surface area contributed by atoms with E-state index in [1.807, 2.05) is 19.9 Å². The Kier molecular flexibility index (Phi) is 7.67. The first-order valence-electron chi connectivity index (χ1n) is 9.92. The number of thiazole rings is 1. The smallest absolute Gasteiger partial charge is 0.244 e. The fraction of sp³-hybridized carbons (Fsp3) is 0.217. The van der Waals surface area contributed by atoms with Gasteiger partial charge in [0, 0.05) is 36.7 Å². The number of rotatable bonds is 8. The predicted molar refractivity (Wildman–Crippen MR) is 122 cm³/mol. The Morgan fingerprint density at radius 2 is 2.03 bits per heavy atom. The summed E-state index contributed by atoms with van der Waals surface area (Å²) in [7, 11) is 0. The highest BCUT2D eigenvalue weighted by Gasteiger charge is 2.20. The van der Waals surface area contributed by atoms with Gasteiger partial charge >= 0.3 is 0 Å². The molecule has 0 aliphatic rings. The van der Waals surface area contributed by atoms with Crippen molar-refractivity contribution in [2.45, 2.75) is 33.4 Å². The molecule has 0 atom stereocenters. The van der Waals surface area contributed by atoms with E-state index in [9.17, 15) is 14.0 Å². The Hall–Kier alpha value is -3.59. The Morgan fingerprint density at radius 1 is 1.25 bits per heavy atom. The van der Waals surface area contributed by atoms with Crippen LogP contribution in [0.1, 0.15) is 32.0 Å². The molecule has 3 aromatic rings. The third-order valence-corrected chi connectivity index (χ3v) is 5.01. The van der Waals surface area contributed by atoms with Crippen molar-refractivity contribution in [1.29, 1.82) is 0 Å². The van der Waals surface area contributed by atoms with Gasteiger partial charge in [0.25, 0.3) is 0 Å². The van der Waals surface area contributed by atoms with Gasteiger partial charge in [-0.3, -0.25) is 14.5 Å². The van der Waals surface area contributed by atoms with Crippen LogP contribution in [0.5, 0.6) is 5.88 Å². The second-order valence-electron chi connectivity index (χ2n) is 7.05. The van der Waals surface area contributed by atoms with Crippen LogP contribution in [0.3, 0.4) is 0 Å². The molecular formula is C23H23FN4O3S. The van der Waals surface area contributed by atoms with Crippen LogP contribution in [-0.2, 0) is 16.1 Å². The lowest BCUT2D eigenvalue weighted by molar-refractivity contribution is -0.117. The SMILES string of the molecule is CC(=O)N(c1nc(/C=C/C(=O)NCc2cccnc2OC(C)C)cs1)c1ccccc1F. The van der Waals surface area contributed by atoms with E-state index in [1.165, 1.54) is 47.4 Å². The number of nitrogens with zero attached hydrogens (tertiary/aromatic N) is 3. The van der Waals surface area contributed by atoms with Crippen LogP contribution >= 0.6 is 11.3 Å². The van der Waals surface area contributed by atoms with Crippen molar-refractivity contribution in [1.82, 2.24) is 15.3 Å². The lowest BCUT2D eigenvalue weighted by atomic mass is 10.2. The second kappa shape index (κ2) is 10.6. The van der Waals surface area contributed by atoms with Crippen LogP contribution in [0.4, 0.5) is 15.2 Å². The number of aromatic nitrogens is 2. The number of hydrogen-bond donors (Lipinski definition) is 1. The average Bonchev–Trinajstić information content (AvgIpc) is 3.21. The first-order chi connectivity index (χ1) is 15.3. The predicted octanol–water partition coefficient (Wildman–Crippen LogP) is 4.48. The minimum atomic E-state index is -0.523. The lowest BCUT2D eigenvalue weighted by Crippen LogP contribution is -2.23. The number of hydrogen-bond acceptors (Lipinski definition) is 6. The highest BCUT2D eigenvalue weighted by atomic mass is 32.1. The largest absolute Gasteiger partial charge is 0.475 e. The number of anilines is 2. The van der Waals surface area contributed by atoms with Crippen molar-refractivity contribution >= 4 is 40.0 Å². The average molecular weight is 455 g/mol. The minimum Gasteiger partial charge on any atom is -0.475 e. The molecule has 0 saturated carbocycles. The molecule has 0 spiro atoms. The summed E-state index contributed by atoms with van der Waals surface area (Å²) in [6.07, 6.45) is 4.48. The van der Waals surface area contributed by atoms with Crippen LogP contribution in [0.25, 0.3) is 6.08 Å². The monoisotopic (exact) mass is 454 g/mol. The van der Waals surface area contributed by atoms with Gasteiger partial charge in [-0.25, -0.2) is 14.4 Å². The van der Waals surface area contributed by atoms with E-state index in [0.29, 0.717) is 16.7 Å². The Morgan fingerprint density at radius 3 is 2.75 bits per heavy atom. The quantitative estimate of drug-likeness (QED) is 0.508. The molecule has 0 bridgehead atoms. The van der Waals surface area contributed by atoms with Gasteiger partial charge in [0.1, 0.15) is 5.82 Å². The van der Waals surface area contributed by atoms with Crippen molar-refractivity contribution in [2.75, 3.05) is 4.90 Å². The minimum absolute atomic E-state index is 0.0305. The molecule has 0 aliphatic heterocycles. The third kappa shape index (κ3) is 5.98. The molecule has 0 unspecified atom stereocenters. The van der Waals surface area contributed by atoms with E-state index in [4.69, 9.17) is 4.74 Å². The Bertz CT molecular complexity index is 1130. The lowest BCUT2D eigenvalue weighted by Gasteiger charge is -2.18. The summed E-state index contributed by atoms with van der Waals surface area (Å²) in [5, 5.41) is 4.78. The topological polar surface area (TPSA) is 84.4 Å². The van der Waals surface area contributed by atoms with Crippen molar-refractivity contribution in [2.24, 2.45) is 0 Å². The van der Waals surface area contributed by atoms with Gasteiger partial charge in [-0.1, -0.05) is 18.2 Å². The molecule has 0 saturated heterocycles. The van der Waals surface area contributed by atoms with E-state index in [0.717, 1.165) is 5.56 Å². The molecule has 2 amide bonds. The van der Waals surface area contributed by atoms with Gasteiger partial charge in [0.2, 0.25) is 17.7 Å². The first-order valence-corrected chi connectivity index (χ1v) is 10.8. The molecule has 7 nitrogen and oxygen atoms in total. The maximum atomic E-state index is 14.2. The van der Waals surface area contributed by atoms with Crippen LogP contribution in [0.2, 0.25) is 0 Å². The molecule has 3 rings (SSSR count). The van der Waals surface area contributed by atoms with Crippen molar-refractivity contribution < 1.29 is 18.7 Å². The number of ether oxygens (including phenoxy) is 1. The highest BCUT2D eigenvalue weighted by Crippen LogP contribution is 2.31. The molecule has 1 N–H and O–H groups in total. The van der Waals surface area contributed by atoms with E-state index in [1.54, 1.807) is 29.8 Å². The number of carbonyl (C=O) groups is 2. The van der Waals surface area contributed by atoms with Crippen LogP contribution < -0.4 is 15.0 Å². The van der Waals surface area contributed by atoms with Gasteiger partial charge in [-0.05, 0) is 38.1 Å². The van der Waals surface area contributed by atoms with Crippen LogP contribution in [0, 0.1) is 5.82 Å². The molecular weight excluding hydrogens is 431 g/mol. The van der Waals surface area contributed by atoms with Gasteiger partial charge in [-0.2, -0.15) is 0 Å². The van der Waals surface area contributed by atoms with Gasteiger partial charge in [0.05, 0.1) is 17.5 Å². The summed E-state index contributed by atoms with van der Waals surface area (Å²) in [6.45, 7) is 5.40. The summed E-state index contributed by atoms with van der Waals surface area (Å²) < 4.78 is 19.8. The van der Waals surface area contributed by atoms with Gasteiger partial charge in [0.15, 0.2) is 5.13 Å². The number of carbonyl (C=O) groups excluding carboxylic acids is 2. The standard InChI is InChI=1S/C23H23FN4O3S/c1-15(2)31-22-17(7-6-12-25-22)13-26-21(30)11-10-18-14-32-23(27-18)28(16(3)29)20-9-5-4-8-19(20)24/h4-12,14-15H,13H2,1-3H3,(H,26,30)/b11-10+. The van der Waals surface area contributed by atoms with E-state index in [2.05, 4.69) is 15.3 Å². The number of pyridine rings is 1. The number of amides is 2. The number of halogens is 1. The second-order valence-corrected chi connectivity index (χ2v) is 7.88. The zero-order chi connectivity index (χ0) is 23.1. The zero-order valence-corrected chi connectivity index (χ0v) is 18.7. The fourth-order valence-corrected chi connectivity index (χ4v) is 3.63. The van der Waals surface area contributed by atoms with E-state index in [-0.39, 0.29) is 30.2 Å². The van der Waals surface area contributed by atoms with E-state index < -0.39 is 5.82 Å². The maximum Gasteiger partial charge on any atom is 0.244 e. The summed E-state index contributed by atoms with van der Waals surface area (Å²) in [4.78, 5) is 34.1. The molecule has 0 aliphatic carbocycles. The van der Waals surface area contributed by atoms with Crippen molar-refractivity contribution in [3.05, 3.63) is 71.1 Å². The first kappa shape index (κ1) is 23.1. The molecule has 166 valence electrons. The highest BCUT2D eigenvalue weighted by molar-refractivity contribution is 7.14. The fourth-order valence-electron chi connectivity index (χ4n) is 2.79. The third-order valence-electron chi connectivity index (χ3n) is 4.17. The van der Waals surface area contributed by atoms with Crippen LogP contribution in [0.15, 0.2) is 54.1 Å². The molecule has 32 heavy (non-hydrogen) atoms. The molecule has 0 fully saturated rings. The summed E-state index contributed by atoms with van der Waals surface area (Å²) >= 11 is 1.18. The maximum absolute atomic E-state index is 14.2. The zero-order valence-electron chi connectivity index (χ0n) is 17.9. The molecule has 1 aromatic carbocycles. The van der Waals surface area contributed by atoms with Gasteiger partial charge < -0.3 is 10.1 Å². The molecule has 2 aromatic heterocycles. The number of nitrogens with one attached hydrogen (secondary N) is 1. The van der Waals surface area contributed by atoms with Crippen molar-refractivity contribution in [3.63, 3.8) is 0 Å². The van der Waals surface area contributed by atoms with Crippen molar-refractivity contribution in [3.8, 4) is 5.88 Å². The Labute approximate surface area is 189 Å². The molecule has 9 heteroatoms. The number of para-hydroxylation sites is 1. The Balaban J connectivity index is 1.66. The van der Waals surface area contributed by atoms with Gasteiger partial charge in [-0.15, -0.1) is 11.3 Å².